The van der Waals surface area contributed by atoms with Crippen molar-refractivity contribution < 1.29 is 10.0 Å². The minimum absolute atomic E-state index is 1.09. The molecule has 0 amide bonds. The van der Waals surface area contributed by atoms with Crippen molar-refractivity contribution in [3.63, 3.8) is 0 Å². The Bertz CT molecular complexity index is 120. The third-order valence-electron chi connectivity index (χ3n) is 1.12. The Hall–Kier alpha value is -0.318. The quantitative estimate of drug-likeness (QED) is 0.441. The maximum atomic E-state index is 8.57. The Balaban J connectivity index is 2.49. The van der Waals surface area contributed by atoms with Crippen molar-refractivity contribution >= 4 is 15.4 Å². The van der Waals surface area contributed by atoms with Crippen LogP contribution in [0.1, 0.15) is 0 Å². The van der Waals surface area contributed by atoms with E-state index in [1.165, 1.54) is 0 Å². The fourth-order valence-corrected chi connectivity index (χ4v) is 1.94. The standard InChI is InChI=1S/C4H7BO2Si/c6-5(7)8-3-1-2-4-8/h1-4,6-8H. The van der Waals surface area contributed by atoms with Crippen molar-refractivity contribution in [2.75, 3.05) is 0 Å². The summed E-state index contributed by atoms with van der Waals surface area (Å²) in [4.78, 5) is 0. The van der Waals surface area contributed by atoms with Crippen LogP contribution in [0.25, 0.3) is 0 Å². The van der Waals surface area contributed by atoms with Crippen molar-refractivity contribution in [2.24, 2.45) is 0 Å². The Morgan fingerprint density at radius 3 is 1.88 bits per heavy atom. The van der Waals surface area contributed by atoms with Gasteiger partial charge in [-0.1, -0.05) is 23.6 Å². The Kier molecular flexibility index (Phi) is 1.67. The van der Waals surface area contributed by atoms with Gasteiger partial charge in [0.1, 0.15) is 8.67 Å². The molecule has 0 radical (unpaired) electrons. The van der Waals surface area contributed by atoms with Crippen LogP contribution in [-0.4, -0.2) is 25.4 Å². The lowest BCUT2D eigenvalue weighted by Gasteiger charge is -1.96. The highest BCUT2D eigenvalue weighted by Crippen LogP contribution is 1.97. The highest BCUT2D eigenvalue weighted by atomic mass is 28.3. The highest BCUT2D eigenvalue weighted by molar-refractivity contribution is 7.21. The van der Waals surface area contributed by atoms with Crippen molar-refractivity contribution in [1.29, 1.82) is 0 Å². The molecule has 8 heavy (non-hydrogen) atoms. The van der Waals surface area contributed by atoms with E-state index in [-0.39, 0.29) is 0 Å². The lowest BCUT2D eigenvalue weighted by Crippen LogP contribution is -2.31. The van der Waals surface area contributed by atoms with E-state index in [9.17, 15) is 0 Å². The molecule has 1 heterocycles. The average Bonchev–Trinajstić information content (AvgIpc) is 2.12. The fourth-order valence-electron chi connectivity index (χ4n) is 0.648. The van der Waals surface area contributed by atoms with E-state index in [2.05, 4.69) is 0 Å². The van der Waals surface area contributed by atoms with Gasteiger partial charge in [-0.25, -0.2) is 0 Å². The molecule has 0 aliphatic carbocycles. The second-order valence-electron chi connectivity index (χ2n) is 1.76. The van der Waals surface area contributed by atoms with E-state index in [1.807, 2.05) is 23.6 Å². The topological polar surface area (TPSA) is 40.5 Å². The van der Waals surface area contributed by atoms with Crippen molar-refractivity contribution in [1.82, 2.24) is 0 Å². The zero-order valence-corrected chi connectivity index (χ0v) is 5.51. The Labute approximate surface area is 49.8 Å². The molecule has 4 heteroatoms. The summed E-state index contributed by atoms with van der Waals surface area (Å²) in [5.41, 5.74) is 3.76. The summed E-state index contributed by atoms with van der Waals surface area (Å²) >= 11 is 0. The maximum Gasteiger partial charge on any atom is 0.433 e. The second-order valence-corrected chi connectivity index (χ2v) is 4.28. The first-order chi connectivity index (χ1) is 3.80. The molecule has 0 saturated carbocycles. The minimum Gasteiger partial charge on any atom is -0.430 e. The normalized spacial score (nSPS) is 17.8. The third kappa shape index (κ3) is 1.09. The van der Waals surface area contributed by atoms with Crippen LogP contribution in [0.4, 0.5) is 0 Å². The van der Waals surface area contributed by atoms with Crippen LogP contribution < -0.4 is 0 Å². The van der Waals surface area contributed by atoms with Gasteiger partial charge in [0.2, 0.25) is 0 Å². The minimum atomic E-state index is -1.40. The van der Waals surface area contributed by atoms with E-state index in [0.29, 0.717) is 0 Å². The molecule has 0 atom stereocenters. The third-order valence-corrected chi connectivity index (χ3v) is 3.14. The van der Waals surface area contributed by atoms with Gasteiger partial charge in [0.05, 0.1) is 0 Å². The SMILES string of the molecule is OB(O)[SiH]1C=CC=C1. The van der Waals surface area contributed by atoms with Crippen LogP contribution in [0, 0.1) is 0 Å². The molecule has 0 spiro atoms. The Morgan fingerprint density at radius 1 is 1.12 bits per heavy atom. The number of hydrogen-bond donors (Lipinski definition) is 2. The van der Waals surface area contributed by atoms with Crippen molar-refractivity contribution in [3.8, 4) is 0 Å². The van der Waals surface area contributed by atoms with Crippen LogP contribution in [0.3, 0.4) is 0 Å². The summed E-state index contributed by atoms with van der Waals surface area (Å²) in [6, 6.07) is 0. The van der Waals surface area contributed by atoms with Gasteiger partial charge < -0.3 is 10.0 Å². The first-order valence-electron chi connectivity index (χ1n) is 2.52. The fraction of sp³-hybridized carbons (Fsp3) is 0. The van der Waals surface area contributed by atoms with Crippen LogP contribution in [0.5, 0.6) is 0 Å². The van der Waals surface area contributed by atoms with E-state index in [4.69, 9.17) is 10.0 Å². The molecule has 1 rings (SSSR count). The summed E-state index contributed by atoms with van der Waals surface area (Å²) in [5.74, 6) is 0. The molecule has 42 valence electrons. The molecular formula is C4H7BO2Si. The zero-order valence-electron chi connectivity index (χ0n) is 4.36. The van der Waals surface area contributed by atoms with E-state index < -0.39 is 15.4 Å². The predicted octanol–water partition coefficient (Wildman–Crippen LogP) is -1.03. The molecule has 0 fully saturated rings. The molecule has 0 saturated heterocycles. The van der Waals surface area contributed by atoms with E-state index in [1.54, 1.807) is 0 Å². The van der Waals surface area contributed by atoms with Crippen LogP contribution in [0.15, 0.2) is 23.6 Å². The molecule has 0 aromatic carbocycles. The smallest absolute Gasteiger partial charge is 0.430 e. The monoisotopic (exact) mass is 126 g/mol. The van der Waals surface area contributed by atoms with Gasteiger partial charge in [-0.2, -0.15) is 0 Å². The molecule has 1 aliphatic heterocycles. The summed E-state index contributed by atoms with van der Waals surface area (Å²) in [7, 11) is -1.40. The molecular weight excluding hydrogens is 119 g/mol. The van der Waals surface area contributed by atoms with Crippen molar-refractivity contribution in [2.45, 2.75) is 0 Å². The lowest BCUT2D eigenvalue weighted by molar-refractivity contribution is 0.433. The molecule has 0 unspecified atom stereocenters. The predicted molar refractivity (Wildman–Crippen MR) is 35.6 cm³/mol. The summed E-state index contributed by atoms with van der Waals surface area (Å²) in [6.45, 7) is -1.09. The summed E-state index contributed by atoms with van der Waals surface area (Å²) < 4.78 is 0. The first-order valence-corrected chi connectivity index (χ1v) is 4.52. The number of hydrogen-bond acceptors (Lipinski definition) is 2. The highest BCUT2D eigenvalue weighted by Gasteiger charge is 2.20. The van der Waals surface area contributed by atoms with Gasteiger partial charge in [-0.05, 0) is 0 Å². The largest absolute Gasteiger partial charge is 0.433 e. The van der Waals surface area contributed by atoms with Gasteiger partial charge in [0.25, 0.3) is 0 Å². The first kappa shape index (κ1) is 5.81. The van der Waals surface area contributed by atoms with E-state index in [0.717, 1.165) is 0 Å². The zero-order chi connectivity index (χ0) is 5.98. The molecule has 2 nitrogen and oxygen atoms in total. The van der Waals surface area contributed by atoms with Gasteiger partial charge in [-0.15, -0.1) is 0 Å². The van der Waals surface area contributed by atoms with Gasteiger partial charge in [0, 0.05) is 0 Å². The molecule has 0 aromatic heterocycles. The molecule has 0 aromatic rings. The van der Waals surface area contributed by atoms with Crippen molar-refractivity contribution in [3.05, 3.63) is 23.6 Å². The summed E-state index contributed by atoms with van der Waals surface area (Å²) in [5, 5.41) is 17.1. The van der Waals surface area contributed by atoms with E-state index >= 15 is 0 Å². The number of allylic oxidation sites excluding steroid dienone is 2. The second kappa shape index (κ2) is 2.30. The van der Waals surface area contributed by atoms with Gasteiger partial charge in [-0.3, -0.25) is 0 Å². The Morgan fingerprint density at radius 2 is 1.62 bits per heavy atom. The lowest BCUT2D eigenvalue weighted by atomic mass is 10.4. The maximum absolute atomic E-state index is 8.57. The van der Waals surface area contributed by atoms with Gasteiger partial charge >= 0.3 is 6.71 Å². The van der Waals surface area contributed by atoms with Crippen LogP contribution in [0.2, 0.25) is 0 Å². The van der Waals surface area contributed by atoms with Gasteiger partial charge in [0.15, 0.2) is 0 Å². The molecule has 1 aliphatic rings. The van der Waals surface area contributed by atoms with Crippen LogP contribution in [-0.2, 0) is 0 Å². The summed E-state index contributed by atoms with van der Waals surface area (Å²) in [6.07, 6.45) is 3.71. The average molecular weight is 126 g/mol. The number of rotatable bonds is 1. The molecule has 2 N–H and O–H groups in total. The van der Waals surface area contributed by atoms with Crippen LogP contribution >= 0.6 is 0 Å². The molecule has 0 bridgehead atoms.